The molecule has 0 aliphatic carbocycles. The number of hydrogen-bond donors (Lipinski definition) is 2. The van der Waals surface area contributed by atoms with E-state index in [1.54, 1.807) is 42.5 Å². The van der Waals surface area contributed by atoms with Gasteiger partial charge in [-0.25, -0.2) is 0 Å². The van der Waals surface area contributed by atoms with Gasteiger partial charge in [-0.3, -0.25) is 9.59 Å². The number of carbonyl (C=O) groups is 2. The van der Waals surface area contributed by atoms with Gasteiger partial charge in [-0.05, 0) is 64.5 Å². The Morgan fingerprint density at radius 1 is 1.04 bits per heavy atom. The van der Waals surface area contributed by atoms with Crippen molar-refractivity contribution in [3.05, 3.63) is 76.1 Å². The van der Waals surface area contributed by atoms with E-state index in [1.807, 2.05) is 12.1 Å². The van der Waals surface area contributed by atoms with Crippen LogP contribution in [0.4, 0.5) is 5.69 Å². The molecule has 1 aromatic heterocycles. The fourth-order valence-electron chi connectivity index (χ4n) is 2.15. The first-order valence-electron chi connectivity index (χ1n) is 7.87. The Balaban J connectivity index is 1.51. The third-order valence-corrected chi connectivity index (χ3v) is 4.15. The van der Waals surface area contributed by atoms with Crippen molar-refractivity contribution in [3.8, 4) is 11.5 Å². The van der Waals surface area contributed by atoms with E-state index in [1.165, 1.54) is 6.07 Å². The van der Waals surface area contributed by atoms with Gasteiger partial charge in [0.2, 0.25) is 5.91 Å². The standard InChI is InChI=1S/C19H14BrClN2O4/c20-17-10-9-16(27-17)19(25)22-11-18(24)23-12-5-7-13(8-6-12)26-15-4-2-1-3-14(15)21/h1-10H,11H2,(H,22,25)(H,23,24). The average molecular weight is 450 g/mol. The molecule has 0 spiro atoms. The highest BCUT2D eigenvalue weighted by Crippen LogP contribution is 2.29. The molecule has 8 heteroatoms. The molecule has 6 nitrogen and oxygen atoms in total. The van der Waals surface area contributed by atoms with Crippen molar-refractivity contribution in [2.24, 2.45) is 0 Å². The number of rotatable bonds is 6. The zero-order valence-corrected chi connectivity index (χ0v) is 16.2. The van der Waals surface area contributed by atoms with E-state index in [2.05, 4.69) is 26.6 Å². The summed E-state index contributed by atoms with van der Waals surface area (Å²) in [7, 11) is 0. The Morgan fingerprint density at radius 3 is 2.44 bits per heavy atom. The van der Waals surface area contributed by atoms with Crippen molar-refractivity contribution in [1.29, 1.82) is 0 Å². The first kappa shape index (κ1) is 19.0. The number of para-hydroxylation sites is 1. The van der Waals surface area contributed by atoms with E-state index in [0.717, 1.165) is 0 Å². The fourth-order valence-corrected chi connectivity index (χ4v) is 2.63. The summed E-state index contributed by atoms with van der Waals surface area (Å²) in [5.41, 5.74) is 0.571. The molecule has 0 atom stereocenters. The monoisotopic (exact) mass is 448 g/mol. The molecule has 0 radical (unpaired) electrons. The van der Waals surface area contributed by atoms with Gasteiger partial charge >= 0.3 is 0 Å². The lowest BCUT2D eigenvalue weighted by atomic mass is 10.3. The molecule has 0 unspecified atom stereocenters. The molecule has 0 fully saturated rings. The predicted octanol–water partition coefficient (Wildman–Crippen LogP) is 4.86. The molecular weight excluding hydrogens is 436 g/mol. The summed E-state index contributed by atoms with van der Waals surface area (Å²) < 4.78 is 11.2. The third-order valence-electron chi connectivity index (χ3n) is 3.41. The maximum Gasteiger partial charge on any atom is 0.287 e. The molecule has 0 aliphatic rings. The zero-order chi connectivity index (χ0) is 19.2. The Hall–Kier alpha value is -2.77. The van der Waals surface area contributed by atoms with E-state index < -0.39 is 5.91 Å². The minimum atomic E-state index is -0.473. The average Bonchev–Trinajstić information content (AvgIpc) is 3.10. The number of hydrogen-bond acceptors (Lipinski definition) is 4. The van der Waals surface area contributed by atoms with Gasteiger partial charge in [-0.15, -0.1) is 0 Å². The van der Waals surface area contributed by atoms with Crippen molar-refractivity contribution >= 4 is 45.0 Å². The van der Waals surface area contributed by atoms with Gasteiger partial charge in [0.05, 0.1) is 11.6 Å². The van der Waals surface area contributed by atoms with Crippen LogP contribution in [0.5, 0.6) is 11.5 Å². The summed E-state index contributed by atoms with van der Waals surface area (Å²) in [4.78, 5) is 23.8. The van der Waals surface area contributed by atoms with Crippen molar-refractivity contribution in [2.75, 3.05) is 11.9 Å². The molecular formula is C19H14BrClN2O4. The summed E-state index contributed by atoms with van der Waals surface area (Å²) in [6, 6.07) is 17.0. The number of ether oxygens (including phenoxy) is 1. The van der Waals surface area contributed by atoms with Crippen molar-refractivity contribution in [1.82, 2.24) is 5.32 Å². The number of benzene rings is 2. The SMILES string of the molecule is O=C(CNC(=O)c1ccc(Br)o1)Nc1ccc(Oc2ccccc2Cl)cc1. The highest BCUT2D eigenvalue weighted by atomic mass is 79.9. The van der Waals surface area contributed by atoms with E-state index in [4.69, 9.17) is 20.8 Å². The van der Waals surface area contributed by atoms with Crippen LogP contribution in [-0.2, 0) is 4.79 Å². The van der Waals surface area contributed by atoms with Crippen molar-refractivity contribution in [2.45, 2.75) is 0 Å². The van der Waals surface area contributed by atoms with Crippen LogP contribution < -0.4 is 15.4 Å². The first-order valence-corrected chi connectivity index (χ1v) is 9.04. The molecule has 3 aromatic rings. The number of amides is 2. The second kappa shape index (κ2) is 8.75. The topological polar surface area (TPSA) is 80.6 Å². The van der Waals surface area contributed by atoms with E-state index >= 15 is 0 Å². The van der Waals surface area contributed by atoms with Gasteiger partial charge in [0.25, 0.3) is 5.91 Å². The van der Waals surface area contributed by atoms with Gasteiger partial charge in [0.1, 0.15) is 11.5 Å². The summed E-state index contributed by atoms with van der Waals surface area (Å²) >= 11 is 9.17. The second-order valence-corrected chi connectivity index (χ2v) is 6.58. The summed E-state index contributed by atoms with van der Waals surface area (Å²) in [5, 5.41) is 5.67. The number of carbonyl (C=O) groups excluding carboxylic acids is 2. The van der Waals surface area contributed by atoms with E-state index in [0.29, 0.717) is 26.9 Å². The van der Waals surface area contributed by atoms with Crippen LogP contribution in [-0.4, -0.2) is 18.4 Å². The van der Waals surface area contributed by atoms with E-state index in [-0.39, 0.29) is 18.2 Å². The quantitative estimate of drug-likeness (QED) is 0.563. The minimum Gasteiger partial charge on any atom is -0.456 e. The number of anilines is 1. The molecule has 0 saturated heterocycles. The lowest BCUT2D eigenvalue weighted by Crippen LogP contribution is -2.32. The maximum absolute atomic E-state index is 12.0. The van der Waals surface area contributed by atoms with Crippen molar-refractivity contribution in [3.63, 3.8) is 0 Å². The molecule has 1 heterocycles. The second-order valence-electron chi connectivity index (χ2n) is 5.39. The maximum atomic E-state index is 12.0. The van der Waals surface area contributed by atoms with Crippen LogP contribution in [0.1, 0.15) is 10.6 Å². The molecule has 3 rings (SSSR count). The number of nitrogens with one attached hydrogen (secondary N) is 2. The van der Waals surface area contributed by atoms with Gasteiger partial charge in [-0.1, -0.05) is 23.7 Å². The largest absolute Gasteiger partial charge is 0.456 e. The van der Waals surface area contributed by atoms with Gasteiger partial charge in [-0.2, -0.15) is 0 Å². The molecule has 0 bridgehead atoms. The summed E-state index contributed by atoms with van der Waals surface area (Å²) in [5.74, 6) is 0.407. The minimum absolute atomic E-state index is 0.121. The van der Waals surface area contributed by atoms with E-state index in [9.17, 15) is 9.59 Å². The third kappa shape index (κ3) is 5.35. The van der Waals surface area contributed by atoms with Crippen LogP contribution >= 0.6 is 27.5 Å². The molecule has 2 N–H and O–H groups in total. The number of furan rings is 1. The predicted molar refractivity (Wildman–Crippen MR) is 105 cm³/mol. The van der Waals surface area contributed by atoms with Crippen LogP contribution in [0.15, 0.2) is 69.8 Å². The van der Waals surface area contributed by atoms with Crippen LogP contribution in [0.2, 0.25) is 5.02 Å². The Bertz CT molecular complexity index is 956. The number of halogens is 2. The molecule has 27 heavy (non-hydrogen) atoms. The van der Waals surface area contributed by atoms with Crippen molar-refractivity contribution < 1.29 is 18.7 Å². The molecule has 138 valence electrons. The molecule has 0 saturated carbocycles. The van der Waals surface area contributed by atoms with Crippen LogP contribution in [0.3, 0.4) is 0 Å². The summed E-state index contributed by atoms with van der Waals surface area (Å²) in [6.07, 6.45) is 0. The lowest BCUT2D eigenvalue weighted by Gasteiger charge is -2.09. The van der Waals surface area contributed by atoms with Gasteiger partial charge in [0, 0.05) is 5.69 Å². The zero-order valence-electron chi connectivity index (χ0n) is 13.9. The smallest absolute Gasteiger partial charge is 0.287 e. The Morgan fingerprint density at radius 2 is 1.78 bits per heavy atom. The summed E-state index contributed by atoms with van der Waals surface area (Å²) in [6.45, 7) is -0.185. The fraction of sp³-hybridized carbons (Fsp3) is 0.0526. The Kier molecular flexibility index (Phi) is 6.16. The highest BCUT2D eigenvalue weighted by Gasteiger charge is 2.12. The highest BCUT2D eigenvalue weighted by molar-refractivity contribution is 9.10. The van der Waals surface area contributed by atoms with Gasteiger partial charge in [0.15, 0.2) is 10.4 Å². The van der Waals surface area contributed by atoms with Crippen LogP contribution in [0, 0.1) is 0 Å². The molecule has 2 aromatic carbocycles. The molecule has 2 amide bonds. The first-order chi connectivity index (χ1) is 13.0. The van der Waals surface area contributed by atoms with Gasteiger partial charge < -0.3 is 19.8 Å². The Labute approximate surface area is 168 Å². The normalized spacial score (nSPS) is 10.3. The molecule has 0 aliphatic heterocycles. The lowest BCUT2D eigenvalue weighted by molar-refractivity contribution is -0.115. The van der Waals surface area contributed by atoms with Crippen LogP contribution in [0.25, 0.3) is 0 Å².